The minimum absolute atomic E-state index is 0.0715. The molecule has 3 rings (SSSR count). The molecular weight excluding hydrogens is 400 g/mol. The normalized spacial score (nSPS) is 11.8. The Hall–Kier alpha value is -3.12. The molecule has 0 spiro atoms. The number of aryl methyl sites for hydroxylation is 2. The number of carbonyl (C=O) groups is 2. The quantitative estimate of drug-likeness (QED) is 0.391. The number of carboxylic acid groups (broad SMARTS) is 1. The number of hydrogen-bond acceptors (Lipinski definition) is 5. The number of rotatable bonds is 7. The topological polar surface area (TPSA) is 72.8 Å². The highest BCUT2D eigenvalue weighted by molar-refractivity contribution is 7.21. The number of hydrogen-bond donors (Lipinski definition) is 1. The van der Waals surface area contributed by atoms with Crippen LogP contribution in [0.4, 0.5) is 0 Å². The number of carboxylic acids is 1. The summed E-state index contributed by atoms with van der Waals surface area (Å²) < 4.78 is 12.0. The van der Waals surface area contributed by atoms with E-state index in [1.807, 2.05) is 50.2 Å². The number of carbonyl (C=O) groups excluding carboxylic acids is 1. The lowest BCUT2D eigenvalue weighted by atomic mass is 10.0. The molecule has 0 fully saturated rings. The summed E-state index contributed by atoms with van der Waals surface area (Å²) in [4.78, 5) is 24.7. The van der Waals surface area contributed by atoms with E-state index < -0.39 is 11.6 Å². The van der Waals surface area contributed by atoms with E-state index in [1.165, 1.54) is 25.2 Å². The van der Waals surface area contributed by atoms with Crippen LogP contribution < -0.4 is 9.47 Å². The van der Waals surface area contributed by atoms with Crippen molar-refractivity contribution < 1.29 is 24.2 Å². The van der Waals surface area contributed by atoms with Gasteiger partial charge in [0.2, 0.25) is 0 Å². The summed E-state index contributed by atoms with van der Waals surface area (Å²) >= 11 is 1.45. The summed E-state index contributed by atoms with van der Waals surface area (Å²) in [5.74, 6) is 0.202. The first-order valence-corrected chi connectivity index (χ1v) is 10.3. The number of thiophene rings is 1. The molecule has 0 radical (unpaired) electrons. The van der Waals surface area contributed by atoms with Crippen LogP contribution in [0.25, 0.3) is 16.2 Å². The van der Waals surface area contributed by atoms with E-state index >= 15 is 0 Å². The van der Waals surface area contributed by atoms with Crippen molar-refractivity contribution in [1.29, 1.82) is 0 Å². The minimum Gasteiger partial charge on any atom is -0.497 e. The first kappa shape index (κ1) is 21.6. The molecule has 1 heterocycles. The van der Waals surface area contributed by atoms with Gasteiger partial charge in [-0.3, -0.25) is 4.79 Å². The van der Waals surface area contributed by atoms with Crippen LogP contribution in [0.5, 0.6) is 11.5 Å². The van der Waals surface area contributed by atoms with Crippen molar-refractivity contribution in [3.8, 4) is 11.5 Å². The Bertz CT molecular complexity index is 1130. The maximum absolute atomic E-state index is 12.6. The molecule has 1 aromatic heterocycles. The fourth-order valence-corrected chi connectivity index (χ4v) is 4.03. The minimum atomic E-state index is -1.33. The van der Waals surface area contributed by atoms with Crippen molar-refractivity contribution in [3.05, 3.63) is 64.0 Å². The first-order chi connectivity index (χ1) is 14.1. The average Bonchev–Trinajstić information content (AvgIpc) is 3.12. The van der Waals surface area contributed by atoms with Gasteiger partial charge >= 0.3 is 5.97 Å². The Morgan fingerprint density at radius 1 is 1.07 bits per heavy atom. The van der Waals surface area contributed by atoms with Crippen molar-refractivity contribution in [1.82, 2.24) is 0 Å². The van der Waals surface area contributed by atoms with Crippen LogP contribution in [0.1, 0.15) is 40.2 Å². The van der Waals surface area contributed by atoms with Gasteiger partial charge < -0.3 is 14.6 Å². The van der Waals surface area contributed by atoms with Crippen molar-refractivity contribution >= 4 is 39.3 Å². The van der Waals surface area contributed by atoms with Gasteiger partial charge in [-0.25, -0.2) is 4.79 Å². The summed E-state index contributed by atoms with van der Waals surface area (Å²) in [7, 11) is 1.62. The zero-order valence-corrected chi connectivity index (χ0v) is 18.4. The molecule has 2 aromatic carbocycles. The third-order valence-corrected chi connectivity index (χ3v) is 5.88. The fourth-order valence-electron chi connectivity index (χ4n) is 3.06. The molecule has 0 aliphatic rings. The van der Waals surface area contributed by atoms with E-state index in [0.29, 0.717) is 10.6 Å². The van der Waals surface area contributed by atoms with Crippen molar-refractivity contribution in [3.63, 3.8) is 0 Å². The molecule has 0 unspecified atom stereocenters. The molecule has 30 heavy (non-hydrogen) atoms. The summed E-state index contributed by atoms with van der Waals surface area (Å²) in [6.45, 7) is 6.75. The van der Waals surface area contributed by atoms with Crippen LogP contribution in [-0.2, 0) is 4.79 Å². The van der Waals surface area contributed by atoms with Gasteiger partial charge in [-0.2, -0.15) is 0 Å². The zero-order chi connectivity index (χ0) is 22.1. The van der Waals surface area contributed by atoms with Crippen LogP contribution in [0, 0.1) is 13.8 Å². The van der Waals surface area contributed by atoms with Gasteiger partial charge in [-0.05, 0) is 92.2 Å². The fraction of sp³-hybridized carbons (Fsp3) is 0.250. The molecule has 0 amide bonds. The Labute approximate surface area is 179 Å². The number of ketones is 1. The molecule has 1 N–H and O–H groups in total. The number of methoxy groups -OCH3 is 1. The van der Waals surface area contributed by atoms with Crippen molar-refractivity contribution in [2.45, 2.75) is 33.3 Å². The molecule has 0 saturated heterocycles. The van der Waals surface area contributed by atoms with E-state index in [9.17, 15) is 14.7 Å². The third-order valence-electron chi connectivity index (χ3n) is 4.75. The number of allylic oxidation sites excluding steroid dienone is 1. The number of benzene rings is 2. The second-order valence-electron chi connectivity index (χ2n) is 7.61. The van der Waals surface area contributed by atoms with Crippen LogP contribution >= 0.6 is 11.3 Å². The second-order valence-corrected chi connectivity index (χ2v) is 8.70. The highest BCUT2D eigenvalue weighted by Gasteiger charge is 2.30. The van der Waals surface area contributed by atoms with E-state index in [2.05, 4.69) is 0 Å². The van der Waals surface area contributed by atoms with Gasteiger partial charge in [0.25, 0.3) is 0 Å². The van der Waals surface area contributed by atoms with Gasteiger partial charge in [0.05, 0.1) is 12.0 Å². The molecule has 6 heteroatoms. The van der Waals surface area contributed by atoms with E-state index in [0.717, 1.165) is 32.5 Å². The van der Waals surface area contributed by atoms with Crippen LogP contribution in [0.15, 0.2) is 42.5 Å². The third kappa shape index (κ3) is 4.54. The SMILES string of the molecule is COc1ccc2sc(C(=O)/C=C/c3cc(C)c(OC(C)(C)C(=O)O)c(C)c3)cc2c1. The molecule has 0 atom stereocenters. The summed E-state index contributed by atoms with van der Waals surface area (Å²) in [6, 6.07) is 11.4. The lowest BCUT2D eigenvalue weighted by molar-refractivity contribution is -0.152. The monoisotopic (exact) mass is 424 g/mol. The predicted octanol–water partition coefficient (Wildman–Crippen LogP) is 5.66. The molecule has 3 aromatic rings. The Morgan fingerprint density at radius 2 is 1.73 bits per heavy atom. The summed E-state index contributed by atoms with van der Waals surface area (Å²) in [6.07, 6.45) is 3.32. The van der Waals surface area contributed by atoms with Gasteiger partial charge in [-0.15, -0.1) is 11.3 Å². The van der Waals surface area contributed by atoms with Crippen LogP contribution in [-0.4, -0.2) is 29.6 Å². The average molecular weight is 425 g/mol. The van der Waals surface area contributed by atoms with Gasteiger partial charge in [0.1, 0.15) is 11.5 Å². The number of ether oxygens (including phenoxy) is 2. The maximum atomic E-state index is 12.6. The standard InChI is InChI=1S/C24H24O5S/c1-14-10-16(11-15(2)22(14)29-24(3,4)23(26)27)6-8-19(25)21-13-17-12-18(28-5)7-9-20(17)30-21/h6-13H,1-5H3,(H,26,27)/b8-6+. The van der Waals surface area contributed by atoms with Crippen molar-refractivity contribution in [2.24, 2.45) is 0 Å². The molecule has 0 aliphatic carbocycles. The van der Waals surface area contributed by atoms with E-state index in [-0.39, 0.29) is 5.78 Å². The lowest BCUT2D eigenvalue weighted by Crippen LogP contribution is -2.38. The lowest BCUT2D eigenvalue weighted by Gasteiger charge is -2.24. The molecule has 0 bridgehead atoms. The number of aliphatic carboxylic acids is 1. The maximum Gasteiger partial charge on any atom is 0.347 e. The zero-order valence-electron chi connectivity index (χ0n) is 17.6. The van der Waals surface area contributed by atoms with E-state index in [4.69, 9.17) is 9.47 Å². The second kappa shape index (κ2) is 8.32. The van der Waals surface area contributed by atoms with Crippen LogP contribution in [0.2, 0.25) is 0 Å². The Balaban J connectivity index is 1.82. The van der Waals surface area contributed by atoms with Crippen molar-refractivity contribution in [2.75, 3.05) is 7.11 Å². The van der Waals surface area contributed by atoms with Gasteiger partial charge in [-0.1, -0.05) is 6.08 Å². The summed E-state index contributed by atoms with van der Waals surface area (Å²) in [5.41, 5.74) is 1.14. The smallest absolute Gasteiger partial charge is 0.347 e. The van der Waals surface area contributed by atoms with Gasteiger partial charge in [0.15, 0.2) is 11.4 Å². The Morgan fingerprint density at radius 3 is 2.33 bits per heavy atom. The molecule has 0 saturated carbocycles. The van der Waals surface area contributed by atoms with Gasteiger partial charge in [0, 0.05) is 4.70 Å². The molecule has 156 valence electrons. The molecular formula is C24H24O5S. The first-order valence-electron chi connectivity index (χ1n) is 9.44. The molecule has 0 aliphatic heterocycles. The van der Waals surface area contributed by atoms with Crippen LogP contribution in [0.3, 0.4) is 0 Å². The Kier molecular flexibility index (Phi) is 5.99. The largest absolute Gasteiger partial charge is 0.497 e. The highest BCUT2D eigenvalue weighted by atomic mass is 32.1. The molecule has 5 nitrogen and oxygen atoms in total. The summed E-state index contributed by atoms with van der Waals surface area (Å²) in [5, 5.41) is 10.3. The number of fused-ring (bicyclic) bond motifs is 1. The predicted molar refractivity (Wildman–Crippen MR) is 120 cm³/mol. The van der Waals surface area contributed by atoms with E-state index in [1.54, 1.807) is 19.3 Å². The highest BCUT2D eigenvalue weighted by Crippen LogP contribution is 2.31.